The maximum atomic E-state index is 12.5. The molecule has 0 unspecified atom stereocenters. The number of allylic oxidation sites excluding steroid dienone is 1. The number of carbonyl (C=O) groups is 1. The number of hydrogen-bond donors (Lipinski definition) is 0. The van der Waals surface area contributed by atoms with Crippen molar-refractivity contribution in [3.05, 3.63) is 51.8 Å². The summed E-state index contributed by atoms with van der Waals surface area (Å²) in [5.41, 5.74) is 3.61. The Morgan fingerprint density at radius 2 is 1.74 bits per heavy atom. The largest absolute Gasteiger partial charge is 0.454 e. The summed E-state index contributed by atoms with van der Waals surface area (Å²) in [4.78, 5) is 16.8. The van der Waals surface area contributed by atoms with Crippen molar-refractivity contribution in [1.82, 2.24) is 9.78 Å². The van der Waals surface area contributed by atoms with Gasteiger partial charge in [-0.2, -0.15) is 5.10 Å². The van der Waals surface area contributed by atoms with E-state index in [1.807, 2.05) is 46.8 Å². The van der Waals surface area contributed by atoms with Crippen LogP contribution in [0.15, 0.2) is 29.3 Å². The first kappa shape index (κ1) is 27.6. The number of esters is 1. The molecule has 0 saturated carbocycles. The molecule has 0 amide bonds. The average Bonchev–Trinajstić information content (AvgIpc) is 3.08. The Balaban J connectivity index is 2.62. The van der Waals surface area contributed by atoms with Crippen molar-refractivity contribution in [3.63, 3.8) is 0 Å². The Kier molecular flexibility index (Phi) is 9.12. The third-order valence-corrected chi connectivity index (χ3v) is 6.42. The maximum absolute atomic E-state index is 12.5. The van der Waals surface area contributed by atoms with Gasteiger partial charge in [-0.15, -0.1) is 0 Å². The summed E-state index contributed by atoms with van der Waals surface area (Å²) < 4.78 is 13.4. The molecule has 0 saturated heterocycles. The first-order valence-electron chi connectivity index (χ1n) is 11.7. The fourth-order valence-corrected chi connectivity index (χ4v) is 3.52. The van der Waals surface area contributed by atoms with E-state index < -0.39 is 5.41 Å². The Labute approximate surface area is 209 Å². The molecule has 7 heteroatoms. The van der Waals surface area contributed by atoms with Crippen LogP contribution in [-0.2, 0) is 26.2 Å². The molecule has 1 aromatic heterocycles. The summed E-state index contributed by atoms with van der Waals surface area (Å²) in [5, 5.41) is 5.04. The minimum absolute atomic E-state index is 0.0299. The highest BCUT2D eigenvalue weighted by atomic mass is 35.5. The summed E-state index contributed by atoms with van der Waals surface area (Å²) in [6, 6.07) is 8.29. The Morgan fingerprint density at radius 3 is 2.24 bits per heavy atom. The molecule has 0 bridgehead atoms. The van der Waals surface area contributed by atoms with Crippen molar-refractivity contribution in [2.75, 3.05) is 13.8 Å². The molecule has 186 valence electrons. The van der Waals surface area contributed by atoms with Crippen LogP contribution in [0.5, 0.6) is 0 Å². The molecule has 0 aliphatic carbocycles. The number of benzene rings is 1. The van der Waals surface area contributed by atoms with Crippen molar-refractivity contribution in [2.24, 2.45) is 10.4 Å². The lowest BCUT2D eigenvalue weighted by atomic mass is 9.86. The molecule has 2 rings (SSSR count). The van der Waals surface area contributed by atoms with Crippen LogP contribution in [0.4, 0.5) is 0 Å². The summed E-state index contributed by atoms with van der Waals surface area (Å²) in [5.74, 6) is 0.143. The zero-order chi connectivity index (χ0) is 25.7. The van der Waals surface area contributed by atoms with E-state index in [9.17, 15) is 4.79 Å². The van der Waals surface area contributed by atoms with Gasteiger partial charge in [0.25, 0.3) is 0 Å². The summed E-state index contributed by atoms with van der Waals surface area (Å²) in [7, 11) is 1.70. The summed E-state index contributed by atoms with van der Waals surface area (Å²) >= 11 is 6.69. The minimum Gasteiger partial charge on any atom is -0.454 e. The third-order valence-electron chi connectivity index (χ3n) is 5.96. The number of aryl methyl sites for hydroxylation is 2. The van der Waals surface area contributed by atoms with Crippen LogP contribution in [-0.4, -0.2) is 35.8 Å². The SMILES string of the molecule is CCn1nc(C)c(Cl)c1/C(OCOC(=O)C(C)(C)CC)=C(\C=N/C)c1ccc(C(C)(C)C)cc1. The number of ether oxygens (including phenoxy) is 2. The van der Waals surface area contributed by atoms with E-state index >= 15 is 0 Å². The highest BCUT2D eigenvalue weighted by molar-refractivity contribution is 6.33. The van der Waals surface area contributed by atoms with Gasteiger partial charge >= 0.3 is 5.97 Å². The Morgan fingerprint density at radius 1 is 1.12 bits per heavy atom. The van der Waals surface area contributed by atoms with E-state index in [1.54, 1.807) is 17.9 Å². The fraction of sp³-hybridized carbons (Fsp3) is 0.519. The molecule has 0 aliphatic rings. The molecule has 0 N–H and O–H groups in total. The van der Waals surface area contributed by atoms with Crippen molar-refractivity contribution in [1.29, 1.82) is 0 Å². The molecule has 0 spiro atoms. The number of halogens is 1. The maximum Gasteiger partial charge on any atom is 0.314 e. The second-order valence-electron chi connectivity index (χ2n) is 9.95. The third kappa shape index (κ3) is 6.29. The zero-order valence-electron chi connectivity index (χ0n) is 22.0. The lowest BCUT2D eigenvalue weighted by Gasteiger charge is -2.22. The van der Waals surface area contributed by atoms with Crippen LogP contribution < -0.4 is 0 Å². The topological polar surface area (TPSA) is 65.7 Å². The molecule has 1 heterocycles. The number of carbonyl (C=O) groups excluding carboxylic acids is 1. The molecule has 34 heavy (non-hydrogen) atoms. The molecule has 2 aromatic rings. The standard InChI is InChI=1S/C27H38ClN3O3/c1-10-27(7,8)25(32)34-17-33-24(23-22(28)18(3)30-31(23)11-2)21(16-29-9)19-12-14-20(15-13-19)26(4,5)6/h12-16H,10-11,17H2,1-9H3/b24-21-,29-16-. The lowest BCUT2D eigenvalue weighted by molar-refractivity contribution is -0.162. The Bertz CT molecular complexity index is 1060. The van der Waals surface area contributed by atoms with Gasteiger partial charge in [0.15, 0.2) is 5.76 Å². The molecule has 0 aliphatic heterocycles. The van der Waals surface area contributed by atoms with Crippen molar-refractivity contribution < 1.29 is 14.3 Å². The summed E-state index contributed by atoms with van der Waals surface area (Å²) in [6.45, 7) is 16.4. The van der Waals surface area contributed by atoms with Crippen LogP contribution in [0.25, 0.3) is 11.3 Å². The first-order chi connectivity index (χ1) is 15.9. The highest BCUT2D eigenvalue weighted by Crippen LogP contribution is 2.34. The van der Waals surface area contributed by atoms with E-state index in [4.69, 9.17) is 21.1 Å². The van der Waals surface area contributed by atoms with Gasteiger partial charge in [-0.05, 0) is 50.7 Å². The quantitative estimate of drug-likeness (QED) is 0.171. The van der Waals surface area contributed by atoms with Gasteiger partial charge in [0.1, 0.15) is 5.69 Å². The van der Waals surface area contributed by atoms with Crippen LogP contribution >= 0.6 is 11.6 Å². The average molecular weight is 488 g/mol. The first-order valence-corrected chi connectivity index (χ1v) is 12.1. The number of nitrogens with zero attached hydrogens (tertiary/aromatic N) is 3. The van der Waals surface area contributed by atoms with E-state index in [2.05, 4.69) is 43.0 Å². The van der Waals surface area contributed by atoms with Crippen molar-refractivity contribution in [3.8, 4) is 0 Å². The van der Waals surface area contributed by atoms with Crippen molar-refractivity contribution in [2.45, 2.75) is 73.8 Å². The molecule has 0 atom stereocenters. The van der Waals surface area contributed by atoms with Gasteiger partial charge in [-0.25, -0.2) is 0 Å². The zero-order valence-corrected chi connectivity index (χ0v) is 22.7. The second-order valence-corrected chi connectivity index (χ2v) is 10.3. The molecular formula is C27H38ClN3O3. The molecule has 0 radical (unpaired) electrons. The van der Waals surface area contributed by atoms with E-state index in [0.29, 0.717) is 35.1 Å². The van der Waals surface area contributed by atoms with Gasteiger partial charge in [-0.3, -0.25) is 14.5 Å². The minimum atomic E-state index is -0.594. The lowest BCUT2D eigenvalue weighted by Crippen LogP contribution is -2.26. The van der Waals surface area contributed by atoms with Crippen LogP contribution in [0, 0.1) is 12.3 Å². The fourth-order valence-electron chi connectivity index (χ4n) is 3.30. The smallest absolute Gasteiger partial charge is 0.314 e. The monoisotopic (exact) mass is 487 g/mol. The van der Waals surface area contributed by atoms with Crippen LogP contribution in [0.3, 0.4) is 0 Å². The van der Waals surface area contributed by atoms with E-state index in [0.717, 1.165) is 11.1 Å². The van der Waals surface area contributed by atoms with Gasteiger partial charge in [0.2, 0.25) is 6.79 Å². The number of aliphatic imine (C=N–C) groups is 1. The molecule has 6 nitrogen and oxygen atoms in total. The van der Waals surface area contributed by atoms with Crippen LogP contribution in [0.2, 0.25) is 5.02 Å². The van der Waals surface area contributed by atoms with Gasteiger partial charge in [-0.1, -0.05) is 63.6 Å². The van der Waals surface area contributed by atoms with Gasteiger partial charge < -0.3 is 9.47 Å². The number of rotatable bonds is 9. The molecule has 1 aromatic carbocycles. The van der Waals surface area contributed by atoms with Gasteiger partial charge in [0, 0.05) is 25.4 Å². The summed E-state index contributed by atoms with van der Waals surface area (Å²) in [6.07, 6.45) is 2.40. The van der Waals surface area contributed by atoms with Crippen molar-refractivity contribution >= 4 is 35.1 Å². The molecule has 0 fully saturated rings. The predicted octanol–water partition coefficient (Wildman–Crippen LogP) is 6.68. The second kappa shape index (κ2) is 11.2. The number of aromatic nitrogens is 2. The molecular weight excluding hydrogens is 450 g/mol. The number of hydrogen-bond acceptors (Lipinski definition) is 5. The van der Waals surface area contributed by atoms with E-state index in [-0.39, 0.29) is 18.2 Å². The highest BCUT2D eigenvalue weighted by Gasteiger charge is 2.28. The normalized spacial score (nSPS) is 13.2. The van der Waals surface area contributed by atoms with Crippen LogP contribution in [0.1, 0.15) is 77.4 Å². The predicted molar refractivity (Wildman–Crippen MR) is 140 cm³/mol. The van der Waals surface area contributed by atoms with E-state index in [1.165, 1.54) is 5.56 Å². The van der Waals surface area contributed by atoms with Gasteiger partial charge in [0.05, 0.1) is 16.1 Å². The Hall–Kier alpha value is -2.60.